The summed E-state index contributed by atoms with van der Waals surface area (Å²) in [5, 5.41) is 7.20. The number of allylic oxidation sites excluding steroid dienone is 1. The number of aromatic nitrogens is 3. The number of carbonyl (C=O) groups excluding carboxylic acids is 1. The Morgan fingerprint density at radius 1 is 1.48 bits per heavy atom. The summed E-state index contributed by atoms with van der Waals surface area (Å²) in [6.45, 7) is 4.09. The molecule has 1 N–H and O–H groups in total. The largest absolute Gasteiger partial charge is 0.462 e. The van der Waals surface area contributed by atoms with Crippen molar-refractivity contribution in [1.82, 2.24) is 14.8 Å². The zero-order chi connectivity index (χ0) is 18.0. The Bertz CT molecular complexity index is 834. The lowest BCUT2D eigenvalue weighted by Gasteiger charge is -2.28. The number of nitrogens with zero attached hydrogens (tertiary/aromatic N) is 3. The number of anilines is 1. The van der Waals surface area contributed by atoms with Gasteiger partial charge >= 0.3 is 5.97 Å². The number of rotatable bonds is 5. The summed E-state index contributed by atoms with van der Waals surface area (Å²) in [5.74, 6) is -0.459. The molecule has 0 radical (unpaired) electrons. The Hall–Kier alpha value is -2.22. The molecule has 1 aliphatic rings. The van der Waals surface area contributed by atoms with Crippen LogP contribution in [0.15, 0.2) is 40.3 Å². The van der Waals surface area contributed by atoms with Crippen molar-refractivity contribution in [2.45, 2.75) is 32.7 Å². The smallest absolute Gasteiger partial charge is 0.338 e. The number of benzene rings is 1. The van der Waals surface area contributed by atoms with Crippen molar-refractivity contribution in [2.24, 2.45) is 0 Å². The summed E-state index contributed by atoms with van der Waals surface area (Å²) in [7, 11) is 0. The van der Waals surface area contributed by atoms with Crippen molar-refractivity contribution in [1.29, 1.82) is 0 Å². The molecule has 6 nitrogen and oxygen atoms in total. The zero-order valence-corrected chi connectivity index (χ0v) is 15.5. The Balaban J connectivity index is 2.07. The Labute approximate surface area is 153 Å². The van der Waals surface area contributed by atoms with E-state index in [1.165, 1.54) is 17.1 Å². The van der Waals surface area contributed by atoms with Crippen LogP contribution in [0.3, 0.4) is 0 Å². The first-order chi connectivity index (χ1) is 12.0. The van der Waals surface area contributed by atoms with Gasteiger partial charge in [-0.05, 0) is 31.5 Å². The number of unbranched alkanes of at least 4 members (excludes halogenated alkanes) is 1. The monoisotopic (exact) mass is 408 g/mol. The third-order valence-electron chi connectivity index (χ3n) is 4.00. The minimum atomic E-state index is -0.745. The molecule has 0 saturated heterocycles. The van der Waals surface area contributed by atoms with Gasteiger partial charge in [-0.25, -0.2) is 13.9 Å². The molecule has 132 valence electrons. The number of fused-ring (bicyclic) bond motifs is 1. The molecule has 1 atom stereocenters. The Morgan fingerprint density at radius 3 is 3.04 bits per heavy atom. The molecule has 0 unspecified atom stereocenters. The third-order valence-corrected chi connectivity index (χ3v) is 4.49. The molecule has 1 aromatic heterocycles. The molecule has 0 aliphatic carbocycles. The summed E-state index contributed by atoms with van der Waals surface area (Å²) < 4.78 is 22.1. The van der Waals surface area contributed by atoms with E-state index in [0.29, 0.717) is 33.9 Å². The molecule has 2 aromatic rings. The summed E-state index contributed by atoms with van der Waals surface area (Å²) in [6, 6.07) is 3.86. The summed E-state index contributed by atoms with van der Waals surface area (Å²) in [4.78, 5) is 16.8. The van der Waals surface area contributed by atoms with Gasteiger partial charge in [-0.3, -0.25) is 0 Å². The Morgan fingerprint density at radius 2 is 2.28 bits per heavy atom. The molecular formula is C17H18BrFN4O2. The van der Waals surface area contributed by atoms with Crippen LogP contribution in [0.1, 0.15) is 38.3 Å². The number of esters is 1. The van der Waals surface area contributed by atoms with E-state index in [2.05, 4.69) is 31.3 Å². The van der Waals surface area contributed by atoms with Gasteiger partial charge in [-0.15, -0.1) is 0 Å². The maximum atomic E-state index is 14.5. The van der Waals surface area contributed by atoms with Gasteiger partial charge < -0.3 is 10.1 Å². The SMILES string of the molecule is CCCCOC(=O)C1=C(C)Nc2ncnn2[C@@H]1c1cc(Br)ccc1F. The molecule has 8 heteroatoms. The normalized spacial score (nSPS) is 16.4. The van der Waals surface area contributed by atoms with Crippen LogP contribution in [0.2, 0.25) is 0 Å². The number of hydrogen-bond donors (Lipinski definition) is 1. The average molecular weight is 409 g/mol. The lowest BCUT2D eigenvalue weighted by atomic mass is 9.95. The van der Waals surface area contributed by atoms with E-state index in [-0.39, 0.29) is 0 Å². The summed E-state index contributed by atoms with van der Waals surface area (Å²) in [5.41, 5.74) is 1.22. The van der Waals surface area contributed by atoms with Crippen molar-refractivity contribution in [3.8, 4) is 0 Å². The highest BCUT2D eigenvalue weighted by Gasteiger charge is 2.35. The fourth-order valence-corrected chi connectivity index (χ4v) is 3.13. The molecule has 25 heavy (non-hydrogen) atoms. The van der Waals surface area contributed by atoms with E-state index in [1.807, 2.05) is 6.92 Å². The van der Waals surface area contributed by atoms with Gasteiger partial charge in [-0.1, -0.05) is 29.3 Å². The standard InChI is InChI=1S/C17H18BrFN4O2/c1-3-4-7-25-16(24)14-10(2)22-17-20-9-21-23(17)15(14)12-8-11(18)5-6-13(12)19/h5-6,8-9,15H,3-4,7H2,1-2H3,(H,20,21,22)/t15-/m1/s1. The minimum absolute atomic E-state index is 0.323. The molecule has 0 fully saturated rings. The van der Waals surface area contributed by atoms with Gasteiger partial charge in [0.15, 0.2) is 0 Å². The van der Waals surface area contributed by atoms with E-state index in [4.69, 9.17) is 4.74 Å². The van der Waals surface area contributed by atoms with E-state index in [9.17, 15) is 9.18 Å². The lowest BCUT2D eigenvalue weighted by Crippen LogP contribution is -2.30. The molecule has 1 aliphatic heterocycles. The van der Waals surface area contributed by atoms with Crippen LogP contribution >= 0.6 is 15.9 Å². The number of hydrogen-bond acceptors (Lipinski definition) is 5. The maximum Gasteiger partial charge on any atom is 0.338 e. The first-order valence-electron chi connectivity index (χ1n) is 8.02. The highest BCUT2D eigenvalue weighted by molar-refractivity contribution is 9.10. The topological polar surface area (TPSA) is 69.0 Å². The molecule has 0 amide bonds. The fourth-order valence-electron chi connectivity index (χ4n) is 2.75. The zero-order valence-electron chi connectivity index (χ0n) is 13.9. The van der Waals surface area contributed by atoms with Crippen molar-refractivity contribution < 1.29 is 13.9 Å². The van der Waals surface area contributed by atoms with E-state index in [0.717, 1.165) is 12.8 Å². The second-order valence-corrected chi connectivity index (χ2v) is 6.67. The third kappa shape index (κ3) is 3.44. The van der Waals surface area contributed by atoms with E-state index in [1.54, 1.807) is 19.1 Å². The molecule has 0 spiro atoms. The van der Waals surface area contributed by atoms with Crippen LogP contribution in [-0.2, 0) is 9.53 Å². The van der Waals surface area contributed by atoms with Gasteiger partial charge in [0.05, 0.1) is 12.2 Å². The predicted molar refractivity (Wildman–Crippen MR) is 94.5 cm³/mol. The van der Waals surface area contributed by atoms with Crippen molar-refractivity contribution >= 4 is 27.8 Å². The van der Waals surface area contributed by atoms with Crippen molar-refractivity contribution in [2.75, 3.05) is 11.9 Å². The fraction of sp³-hybridized carbons (Fsp3) is 0.353. The van der Waals surface area contributed by atoms with Crippen LogP contribution in [-0.4, -0.2) is 27.3 Å². The molecule has 1 aromatic carbocycles. The molecular weight excluding hydrogens is 391 g/mol. The number of carbonyl (C=O) groups is 1. The number of ether oxygens (including phenoxy) is 1. The lowest BCUT2D eigenvalue weighted by molar-refractivity contribution is -0.139. The van der Waals surface area contributed by atoms with Crippen LogP contribution in [0.5, 0.6) is 0 Å². The van der Waals surface area contributed by atoms with Gasteiger partial charge in [0, 0.05) is 15.7 Å². The molecule has 0 bridgehead atoms. The summed E-state index contributed by atoms with van der Waals surface area (Å²) >= 11 is 3.36. The number of halogens is 2. The predicted octanol–water partition coefficient (Wildman–Crippen LogP) is 3.81. The van der Waals surface area contributed by atoms with E-state index >= 15 is 0 Å². The Kier molecular flexibility index (Phi) is 5.17. The second kappa shape index (κ2) is 7.35. The van der Waals surface area contributed by atoms with Crippen LogP contribution in [0.4, 0.5) is 10.3 Å². The first-order valence-corrected chi connectivity index (χ1v) is 8.81. The minimum Gasteiger partial charge on any atom is -0.462 e. The van der Waals surface area contributed by atoms with Crippen molar-refractivity contribution in [3.63, 3.8) is 0 Å². The van der Waals surface area contributed by atoms with E-state index < -0.39 is 17.8 Å². The second-order valence-electron chi connectivity index (χ2n) is 5.75. The quantitative estimate of drug-likeness (QED) is 0.601. The molecule has 2 heterocycles. The van der Waals surface area contributed by atoms with Crippen LogP contribution in [0.25, 0.3) is 0 Å². The van der Waals surface area contributed by atoms with Crippen LogP contribution < -0.4 is 5.32 Å². The summed E-state index contributed by atoms with van der Waals surface area (Å²) in [6.07, 6.45) is 3.06. The van der Waals surface area contributed by atoms with Gasteiger partial charge in [0.2, 0.25) is 5.95 Å². The highest BCUT2D eigenvalue weighted by Crippen LogP contribution is 2.37. The number of nitrogens with one attached hydrogen (secondary N) is 1. The van der Waals surface area contributed by atoms with Crippen molar-refractivity contribution in [3.05, 3.63) is 51.6 Å². The first kappa shape index (κ1) is 17.6. The van der Waals surface area contributed by atoms with Gasteiger partial charge in [0.25, 0.3) is 0 Å². The van der Waals surface area contributed by atoms with Crippen LogP contribution in [0, 0.1) is 5.82 Å². The van der Waals surface area contributed by atoms with Gasteiger partial charge in [-0.2, -0.15) is 10.1 Å². The molecule has 0 saturated carbocycles. The highest BCUT2D eigenvalue weighted by atomic mass is 79.9. The maximum absolute atomic E-state index is 14.5. The molecule has 3 rings (SSSR count). The average Bonchev–Trinajstić information content (AvgIpc) is 3.04. The van der Waals surface area contributed by atoms with Gasteiger partial charge in [0.1, 0.15) is 18.2 Å².